The highest BCUT2D eigenvalue weighted by atomic mass is 19.1. The Labute approximate surface area is 122 Å². The highest BCUT2D eigenvalue weighted by Gasteiger charge is 2.02. The van der Waals surface area contributed by atoms with E-state index in [-0.39, 0.29) is 18.3 Å². The molecule has 2 rings (SSSR count). The van der Waals surface area contributed by atoms with Crippen molar-refractivity contribution in [1.29, 1.82) is 0 Å². The largest absolute Gasteiger partial charge is 0.497 e. The monoisotopic (exact) mass is 288 g/mol. The van der Waals surface area contributed by atoms with Crippen LogP contribution in [0.3, 0.4) is 0 Å². The predicted octanol–water partition coefficient (Wildman–Crippen LogP) is 2.56. The summed E-state index contributed by atoms with van der Waals surface area (Å²) in [7, 11) is 1.60. The van der Waals surface area contributed by atoms with Gasteiger partial charge < -0.3 is 15.4 Å². The van der Waals surface area contributed by atoms with E-state index in [0.29, 0.717) is 12.2 Å². The fraction of sp³-hybridized carbons (Fsp3) is 0.188. The molecule has 5 heteroatoms. The van der Waals surface area contributed by atoms with Gasteiger partial charge in [0.15, 0.2) is 0 Å². The molecule has 2 aromatic carbocycles. The average molecular weight is 288 g/mol. The lowest BCUT2D eigenvalue weighted by atomic mass is 10.2. The van der Waals surface area contributed by atoms with Gasteiger partial charge in [0.1, 0.15) is 11.6 Å². The first-order valence-corrected chi connectivity index (χ1v) is 6.56. The molecule has 0 radical (unpaired) electrons. The zero-order valence-electron chi connectivity index (χ0n) is 11.7. The molecular formula is C16H17FN2O2. The Bertz CT molecular complexity index is 599. The third-order valence-corrected chi connectivity index (χ3v) is 2.92. The molecule has 0 saturated heterocycles. The molecule has 110 valence electrons. The third kappa shape index (κ3) is 4.80. The Morgan fingerprint density at radius 3 is 2.67 bits per heavy atom. The zero-order chi connectivity index (χ0) is 15.1. The van der Waals surface area contributed by atoms with E-state index < -0.39 is 0 Å². The van der Waals surface area contributed by atoms with Crippen molar-refractivity contribution in [2.45, 2.75) is 6.54 Å². The second-order valence-corrected chi connectivity index (χ2v) is 4.49. The van der Waals surface area contributed by atoms with Gasteiger partial charge in [-0.2, -0.15) is 0 Å². The smallest absolute Gasteiger partial charge is 0.239 e. The van der Waals surface area contributed by atoms with E-state index in [1.807, 2.05) is 24.3 Å². The topological polar surface area (TPSA) is 50.4 Å². The van der Waals surface area contributed by atoms with Crippen LogP contribution in [-0.4, -0.2) is 19.6 Å². The van der Waals surface area contributed by atoms with Crippen LogP contribution in [0.4, 0.5) is 10.1 Å². The Kier molecular flexibility index (Phi) is 5.15. The maximum atomic E-state index is 12.7. The van der Waals surface area contributed by atoms with Crippen molar-refractivity contribution in [2.75, 3.05) is 19.0 Å². The lowest BCUT2D eigenvalue weighted by Crippen LogP contribution is -2.29. The molecule has 0 fully saturated rings. The summed E-state index contributed by atoms with van der Waals surface area (Å²) in [4.78, 5) is 11.7. The molecule has 2 aromatic rings. The highest BCUT2D eigenvalue weighted by molar-refractivity contribution is 5.80. The summed E-state index contributed by atoms with van der Waals surface area (Å²) in [6.45, 7) is 0.566. The van der Waals surface area contributed by atoms with E-state index in [9.17, 15) is 9.18 Å². The molecule has 0 bridgehead atoms. The van der Waals surface area contributed by atoms with Gasteiger partial charge in [0, 0.05) is 12.2 Å². The van der Waals surface area contributed by atoms with E-state index in [2.05, 4.69) is 10.6 Å². The summed E-state index contributed by atoms with van der Waals surface area (Å²) in [5, 5.41) is 5.73. The number of nitrogens with one attached hydrogen (secondary N) is 2. The van der Waals surface area contributed by atoms with Gasteiger partial charge in [-0.15, -0.1) is 0 Å². The molecule has 0 spiro atoms. The average Bonchev–Trinajstić information content (AvgIpc) is 2.52. The standard InChI is InChI=1S/C16H17FN2O2/c1-21-15-4-2-3-12(9-15)10-19-16(20)11-18-14-7-5-13(17)6-8-14/h2-9,18H,10-11H2,1H3,(H,19,20). The molecule has 0 atom stereocenters. The second-order valence-electron chi connectivity index (χ2n) is 4.49. The van der Waals surface area contributed by atoms with Crippen molar-refractivity contribution in [3.05, 3.63) is 59.9 Å². The van der Waals surface area contributed by atoms with Crippen LogP contribution < -0.4 is 15.4 Å². The summed E-state index contributed by atoms with van der Waals surface area (Å²) in [5.74, 6) is 0.316. The van der Waals surface area contributed by atoms with Gasteiger partial charge in [-0.3, -0.25) is 4.79 Å². The number of methoxy groups -OCH3 is 1. The molecule has 0 aromatic heterocycles. The lowest BCUT2D eigenvalue weighted by Gasteiger charge is -2.08. The molecule has 2 N–H and O–H groups in total. The van der Waals surface area contributed by atoms with Crippen molar-refractivity contribution in [3.63, 3.8) is 0 Å². The number of carbonyl (C=O) groups excluding carboxylic acids is 1. The van der Waals surface area contributed by atoms with E-state index >= 15 is 0 Å². The Balaban J connectivity index is 1.78. The third-order valence-electron chi connectivity index (χ3n) is 2.92. The number of amides is 1. The minimum Gasteiger partial charge on any atom is -0.497 e. The van der Waals surface area contributed by atoms with Crippen LogP contribution in [-0.2, 0) is 11.3 Å². The van der Waals surface area contributed by atoms with Gasteiger partial charge in [-0.1, -0.05) is 12.1 Å². The minimum absolute atomic E-state index is 0.135. The Morgan fingerprint density at radius 2 is 1.95 bits per heavy atom. The minimum atomic E-state index is -0.303. The number of ether oxygens (including phenoxy) is 1. The molecule has 21 heavy (non-hydrogen) atoms. The highest BCUT2D eigenvalue weighted by Crippen LogP contribution is 2.12. The van der Waals surface area contributed by atoms with Crippen LogP contribution in [0.15, 0.2) is 48.5 Å². The van der Waals surface area contributed by atoms with Crippen molar-refractivity contribution >= 4 is 11.6 Å². The summed E-state index contributed by atoms with van der Waals surface area (Å²) in [6, 6.07) is 13.4. The molecule has 4 nitrogen and oxygen atoms in total. The molecule has 0 saturated carbocycles. The first-order valence-electron chi connectivity index (χ1n) is 6.56. The zero-order valence-corrected chi connectivity index (χ0v) is 11.7. The van der Waals surface area contributed by atoms with E-state index in [1.165, 1.54) is 12.1 Å². The fourth-order valence-corrected chi connectivity index (χ4v) is 1.80. The maximum Gasteiger partial charge on any atom is 0.239 e. The molecular weight excluding hydrogens is 271 g/mol. The van der Waals surface area contributed by atoms with Crippen LogP contribution in [0.1, 0.15) is 5.56 Å². The van der Waals surface area contributed by atoms with Gasteiger partial charge >= 0.3 is 0 Å². The van der Waals surface area contributed by atoms with Gasteiger partial charge in [-0.25, -0.2) is 4.39 Å². The first kappa shape index (κ1) is 14.8. The Morgan fingerprint density at radius 1 is 1.19 bits per heavy atom. The van der Waals surface area contributed by atoms with Gasteiger partial charge in [0.05, 0.1) is 13.7 Å². The van der Waals surface area contributed by atoms with Crippen LogP contribution in [0.25, 0.3) is 0 Å². The van der Waals surface area contributed by atoms with Crippen molar-refractivity contribution < 1.29 is 13.9 Å². The number of anilines is 1. The van der Waals surface area contributed by atoms with Gasteiger partial charge in [0.25, 0.3) is 0 Å². The summed E-state index contributed by atoms with van der Waals surface area (Å²) in [5.41, 5.74) is 1.66. The normalized spacial score (nSPS) is 10.0. The number of hydrogen-bond donors (Lipinski definition) is 2. The molecule has 0 heterocycles. The van der Waals surface area contributed by atoms with Crippen LogP contribution in [0.5, 0.6) is 5.75 Å². The second kappa shape index (κ2) is 7.28. The van der Waals surface area contributed by atoms with E-state index in [1.54, 1.807) is 19.2 Å². The van der Waals surface area contributed by atoms with Gasteiger partial charge in [-0.05, 0) is 42.0 Å². The number of benzene rings is 2. The summed E-state index contributed by atoms with van der Waals surface area (Å²) < 4.78 is 17.9. The van der Waals surface area contributed by atoms with E-state index in [0.717, 1.165) is 11.3 Å². The molecule has 0 aliphatic carbocycles. The fourth-order valence-electron chi connectivity index (χ4n) is 1.80. The number of halogens is 1. The predicted molar refractivity (Wildman–Crippen MR) is 79.7 cm³/mol. The van der Waals surface area contributed by atoms with E-state index in [4.69, 9.17) is 4.74 Å². The van der Waals surface area contributed by atoms with Crippen molar-refractivity contribution in [2.24, 2.45) is 0 Å². The summed E-state index contributed by atoms with van der Waals surface area (Å²) >= 11 is 0. The molecule has 0 unspecified atom stereocenters. The molecule has 0 aliphatic rings. The first-order chi connectivity index (χ1) is 10.2. The lowest BCUT2D eigenvalue weighted by molar-refractivity contribution is -0.119. The number of hydrogen-bond acceptors (Lipinski definition) is 3. The quantitative estimate of drug-likeness (QED) is 0.859. The van der Waals surface area contributed by atoms with Crippen LogP contribution in [0.2, 0.25) is 0 Å². The van der Waals surface area contributed by atoms with Crippen LogP contribution >= 0.6 is 0 Å². The van der Waals surface area contributed by atoms with Gasteiger partial charge in [0.2, 0.25) is 5.91 Å². The number of carbonyl (C=O) groups is 1. The maximum absolute atomic E-state index is 12.7. The number of rotatable bonds is 6. The molecule has 0 aliphatic heterocycles. The SMILES string of the molecule is COc1cccc(CNC(=O)CNc2ccc(F)cc2)c1. The molecule has 1 amide bonds. The van der Waals surface area contributed by atoms with Crippen molar-refractivity contribution in [3.8, 4) is 5.75 Å². The van der Waals surface area contributed by atoms with Crippen LogP contribution in [0, 0.1) is 5.82 Å². The Hall–Kier alpha value is -2.56. The summed E-state index contributed by atoms with van der Waals surface area (Å²) in [6.07, 6.45) is 0. The van der Waals surface area contributed by atoms with Crippen molar-refractivity contribution in [1.82, 2.24) is 5.32 Å².